The highest BCUT2D eigenvalue weighted by Crippen LogP contribution is 2.19. The van der Waals surface area contributed by atoms with Crippen molar-refractivity contribution in [1.29, 1.82) is 0 Å². The number of nitrogens with zero attached hydrogens (tertiary/aromatic N) is 4. The molecule has 5 nitrogen and oxygen atoms in total. The molecule has 2 aromatic heterocycles. The average Bonchev–Trinajstić information content (AvgIpc) is 2.46. The van der Waals surface area contributed by atoms with Gasteiger partial charge in [0.15, 0.2) is 17.0 Å². The topological polar surface area (TPSA) is 63.6 Å². The molecule has 0 bridgehead atoms. The molecule has 0 fully saturated rings. The van der Waals surface area contributed by atoms with Gasteiger partial charge in [-0.05, 0) is 17.7 Å². The highest BCUT2D eigenvalue weighted by atomic mass is 35.5. The maximum atomic E-state index is 13.6. The second kappa shape index (κ2) is 5.34. The standard InChI is InChI=1S/C13H9ClFN5/c14-13-19-11-10(16-5-6-17-11)12(20-13)18-7-8-3-1-2-4-9(8)15/h1-6H,7H2,(H,17,18,19,20). The number of nitrogens with one attached hydrogen (secondary N) is 1. The lowest BCUT2D eigenvalue weighted by atomic mass is 10.2. The van der Waals surface area contributed by atoms with Gasteiger partial charge in [0.2, 0.25) is 5.28 Å². The van der Waals surface area contributed by atoms with Crippen molar-refractivity contribution in [3.63, 3.8) is 0 Å². The molecular formula is C13H9ClFN5. The minimum Gasteiger partial charge on any atom is -0.364 e. The largest absolute Gasteiger partial charge is 0.364 e. The zero-order valence-electron chi connectivity index (χ0n) is 10.2. The SMILES string of the molecule is Fc1ccccc1CNc1nc(Cl)nc2nccnc12. The summed E-state index contributed by atoms with van der Waals surface area (Å²) in [6.07, 6.45) is 3.06. The molecule has 100 valence electrons. The van der Waals surface area contributed by atoms with Crippen molar-refractivity contribution in [3.05, 3.63) is 53.3 Å². The molecule has 20 heavy (non-hydrogen) atoms. The summed E-state index contributed by atoms with van der Waals surface area (Å²) in [4.78, 5) is 16.3. The van der Waals surface area contributed by atoms with Gasteiger partial charge in [-0.15, -0.1) is 0 Å². The zero-order chi connectivity index (χ0) is 13.9. The Morgan fingerprint density at radius 1 is 1.10 bits per heavy atom. The van der Waals surface area contributed by atoms with Crippen LogP contribution in [0.15, 0.2) is 36.7 Å². The molecule has 0 radical (unpaired) electrons. The summed E-state index contributed by atoms with van der Waals surface area (Å²) in [5, 5.41) is 3.07. The molecule has 0 aliphatic heterocycles. The van der Waals surface area contributed by atoms with E-state index in [1.54, 1.807) is 18.2 Å². The lowest BCUT2D eigenvalue weighted by Gasteiger charge is -2.08. The first-order chi connectivity index (χ1) is 9.74. The minimum absolute atomic E-state index is 0.0639. The molecule has 0 spiro atoms. The maximum Gasteiger partial charge on any atom is 0.226 e. The number of halogens is 2. The van der Waals surface area contributed by atoms with Gasteiger partial charge >= 0.3 is 0 Å². The van der Waals surface area contributed by atoms with Gasteiger partial charge in [0.05, 0.1) is 0 Å². The molecular weight excluding hydrogens is 281 g/mol. The predicted octanol–water partition coefficient (Wildman–Crippen LogP) is 2.82. The molecule has 0 aliphatic carbocycles. The lowest BCUT2D eigenvalue weighted by molar-refractivity contribution is 0.613. The maximum absolute atomic E-state index is 13.6. The van der Waals surface area contributed by atoms with Crippen LogP contribution >= 0.6 is 11.6 Å². The van der Waals surface area contributed by atoms with Crippen LogP contribution in [-0.2, 0) is 6.54 Å². The molecule has 3 aromatic rings. The number of hydrogen-bond acceptors (Lipinski definition) is 5. The number of anilines is 1. The van der Waals surface area contributed by atoms with Crippen molar-refractivity contribution < 1.29 is 4.39 Å². The first-order valence-corrected chi connectivity index (χ1v) is 6.23. The highest BCUT2D eigenvalue weighted by Gasteiger charge is 2.09. The van der Waals surface area contributed by atoms with Crippen molar-refractivity contribution in [2.45, 2.75) is 6.54 Å². The quantitative estimate of drug-likeness (QED) is 0.751. The molecule has 0 aliphatic rings. The predicted molar refractivity (Wildman–Crippen MR) is 73.9 cm³/mol. The molecule has 1 N–H and O–H groups in total. The zero-order valence-corrected chi connectivity index (χ0v) is 11.0. The van der Waals surface area contributed by atoms with Crippen LogP contribution in [-0.4, -0.2) is 19.9 Å². The summed E-state index contributed by atoms with van der Waals surface area (Å²) in [5.74, 6) is 0.145. The Labute approximate surface area is 118 Å². The molecule has 3 rings (SSSR count). The number of fused-ring (bicyclic) bond motifs is 1. The first-order valence-electron chi connectivity index (χ1n) is 5.85. The van der Waals surface area contributed by atoms with Gasteiger partial charge in [-0.2, -0.15) is 9.97 Å². The van der Waals surface area contributed by atoms with E-state index in [0.29, 0.717) is 22.5 Å². The summed E-state index contributed by atoms with van der Waals surface area (Å²) in [6.45, 7) is 0.270. The van der Waals surface area contributed by atoms with Crippen molar-refractivity contribution in [2.75, 3.05) is 5.32 Å². The van der Waals surface area contributed by atoms with E-state index in [9.17, 15) is 4.39 Å². The Morgan fingerprint density at radius 2 is 1.90 bits per heavy atom. The molecule has 1 aromatic carbocycles. The molecule has 0 unspecified atom stereocenters. The van der Waals surface area contributed by atoms with Gasteiger partial charge in [-0.25, -0.2) is 14.4 Å². The number of aromatic nitrogens is 4. The second-order valence-corrected chi connectivity index (χ2v) is 4.35. The molecule has 0 amide bonds. The van der Waals surface area contributed by atoms with E-state index in [1.165, 1.54) is 18.5 Å². The fourth-order valence-corrected chi connectivity index (χ4v) is 1.95. The minimum atomic E-state index is -0.282. The fourth-order valence-electron chi connectivity index (χ4n) is 1.78. The van der Waals surface area contributed by atoms with Crippen LogP contribution in [0.2, 0.25) is 5.28 Å². The summed E-state index contributed by atoms with van der Waals surface area (Å²) in [5.41, 5.74) is 1.41. The van der Waals surface area contributed by atoms with Crippen LogP contribution in [0.5, 0.6) is 0 Å². The summed E-state index contributed by atoms with van der Waals surface area (Å²) < 4.78 is 13.6. The summed E-state index contributed by atoms with van der Waals surface area (Å²) in [6, 6.07) is 6.51. The van der Waals surface area contributed by atoms with Gasteiger partial charge < -0.3 is 5.32 Å². The van der Waals surface area contributed by atoms with E-state index in [0.717, 1.165) is 0 Å². The molecule has 0 atom stereocenters. The smallest absolute Gasteiger partial charge is 0.226 e. The van der Waals surface area contributed by atoms with Crippen LogP contribution < -0.4 is 5.32 Å². The Hall–Kier alpha value is -2.34. The van der Waals surface area contributed by atoms with E-state index in [2.05, 4.69) is 25.3 Å². The van der Waals surface area contributed by atoms with Crippen LogP contribution in [0, 0.1) is 5.82 Å². The Morgan fingerprint density at radius 3 is 2.75 bits per heavy atom. The van der Waals surface area contributed by atoms with Gasteiger partial charge in [0.25, 0.3) is 0 Å². The molecule has 2 heterocycles. The third kappa shape index (κ3) is 2.50. The summed E-state index contributed by atoms with van der Waals surface area (Å²) >= 11 is 5.83. The third-order valence-electron chi connectivity index (χ3n) is 2.71. The molecule has 0 saturated heterocycles. The normalized spacial score (nSPS) is 10.7. The average molecular weight is 290 g/mol. The monoisotopic (exact) mass is 289 g/mol. The number of benzene rings is 1. The number of rotatable bonds is 3. The van der Waals surface area contributed by atoms with Crippen LogP contribution in [0.25, 0.3) is 11.2 Å². The van der Waals surface area contributed by atoms with Gasteiger partial charge in [0.1, 0.15) is 5.82 Å². The van der Waals surface area contributed by atoms with Crippen molar-refractivity contribution >= 4 is 28.6 Å². The van der Waals surface area contributed by atoms with Gasteiger partial charge in [-0.3, -0.25) is 0 Å². The second-order valence-electron chi connectivity index (χ2n) is 4.01. The van der Waals surface area contributed by atoms with E-state index in [4.69, 9.17) is 11.6 Å². The van der Waals surface area contributed by atoms with E-state index < -0.39 is 0 Å². The van der Waals surface area contributed by atoms with Crippen molar-refractivity contribution in [2.24, 2.45) is 0 Å². The van der Waals surface area contributed by atoms with Gasteiger partial charge in [0, 0.05) is 24.5 Å². The number of hydrogen-bond donors (Lipinski definition) is 1. The van der Waals surface area contributed by atoms with Crippen molar-refractivity contribution in [1.82, 2.24) is 19.9 Å². The van der Waals surface area contributed by atoms with Crippen LogP contribution in [0.3, 0.4) is 0 Å². The lowest BCUT2D eigenvalue weighted by Crippen LogP contribution is -2.06. The van der Waals surface area contributed by atoms with E-state index >= 15 is 0 Å². The van der Waals surface area contributed by atoms with Crippen molar-refractivity contribution in [3.8, 4) is 0 Å². The van der Waals surface area contributed by atoms with Crippen LogP contribution in [0.4, 0.5) is 10.2 Å². The Balaban J connectivity index is 1.93. The third-order valence-corrected chi connectivity index (χ3v) is 2.88. The summed E-state index contributed by atoms with van der Waals surface area (Å²) in [7, 11) is 0. The first kappa shape index (κ1) is 12.7. The van der Waals surface area contributed by atoms with E-state index in [-0.39, 0.29) is 17.6 Å². The highest BCUT2D eigenvalue weighted by molar-refractivity contribution is 6.28. The Kier molecular flexibility index (Phi) is 3.39. The Bertz CT molecular complexity index is 765. The molecule has 0 saturated carbocycles. The molecule has 7 heteroatoms. The van der Waals surface area contributed by atoms with E-state index in [1.807, 2.05) is 0 Å². The fraction of sp³-hybridized carbons (Fsp3) is 0.0769. The van der Waals surface area contributed by atoms with Gasteiger partial charge in [-0.1, -0.05) is 18.2 Å². The van der Waals surface area contributed by atoms with Crippen LogP contribution in [0.1, 0.15) is 5.56 Å².